The molecule has 2 amide bonds. The molecule has 5 nitrogen and oxygen atoms in total. The van der Waals surface area contributed by atoms with Gasteiger partial charge in [-0.25, -0.2) is 4.79 Å². The van der Waals surface area contributed by atoms with Crippen LogP contribution in [0.25, 0.3) is 0 Å². The smallest absolute Gasteiger partial charge is 0.320 e. The Kier molecular flexibility index (Phi) is 5.11. The molecule has 1 unspecified atom stereocenters. The van der Waals surface area contributed by atoms with Crippen molar-refractivity contribution in [3.8, 4) is 5.75 Å². The van der Waals surface area contributed by atoms with Gasteiger partial charge in [-0.3, -0.25) is 0 Å². The Balaban J connectivity index is 2.72. The van der Waals surface area contributed by atoms with E-state index in [1.165, 1.54) is 0 Å². The van der Waals surface area contributed by atoms with Crippen LogP contribution in [-0.2, 0) is 0 Å². The van der Waals surface area contributed by atoms with Crippen LogP contribution in [0.15, 0.2) is 24.3 Å². The molecule has 0 aromatic heterocycles. The first-order valence-electron chi connectivity index (χ1n) is 5.94. The molecule has 0 heterocycles. The van der Waals surface area contributed by atoms with Gasteiger partial charge in [0.15, 0.2) is 0 Å². The summed E-state index contributed by atoms with van der Waals surface area (Å²) < 4.78 is 5.08. The van der Waals surface area contributed by atoms with E-state index in [1.807, 2.05) is 6.92 Å². The first-order valence-corrected chi connectivity index (χ1v) is 6.35. The number of hydrogen-bond acceptors (Lipinski definition) is 3. The maximum atomic E-state index is 11.9. The van der Waals surface area contributed by atoms with E-state index in [-0.39, 0.29) is 11.0 Å². The highest BCUT2D eigenvalue weighted by molar-refractivity contribution is 7.80. The molecule has 104 valence electrons. The second-order valence-corrected chi connectivity index (χ2v) is 4.80. The van der Waals surface area contributed by atoms with Crippen molar-refractivity contribution in [2.75, 3.05) is 12.4 Å². The fraction of sp³-hybridized carbons (Fsp3) is 0.385. The molecule has 0 bridgehead atoms. The maximum Gasteiger partial charge on any atom is 0.320 e. The molecule has 0 saturated carbocycles. The highest BCUT2D eigenvalue weighted by atomic mass is 32.1. The third kappa shape index (κ3) is 4.10. The van der Waals surface area contributed by atoms with Crippen molar-refractivity contribution in [1.29, 1.82) is 0 Å². The summed E-state index contributed by atoms with van der Waals surface area (Å²) in [6.45, 7) is 3.70. The number of nitrogens with one attached hydrogen (secondary N) is 2. The van der Waals surface area contributed by atoms with Crippen LogP contribution >= 0.6 is 12.2 Å². The zero-order chi connectivity index (χ0) is 14.5. The third-order valence-electron chi connectivity index (χ3n) is 2.97. The molecule has 0 aliphatic carbocycles. The number of rotatable bonds is 5. The maximum absolute atomic E-state index is 11.9. The molecule has 0 spiro atoms. The monoisotopic (exact) mass is 281 g/mol. The second-order valence-electron chi connectivity index (χ2n) is 4.36. The minimum atomic E-state index is -0.696. The molecule has 6 heteroatoms. The minimum Gasteiger partial charge on any atom is -0.497 e. The number of carbonyl (C=O) groups is 1. The van der Waals surface area contributed by atoms with Gasteiger partial charge in [-0.05, 0) is 25.5 Å². The Morgan fingerprint density at radius 2 is 2.21 bits per heavy atom. The van der Waals surface area contributed by atoms with Crippen LogP contribution in [0.5, 0.6) is 5.75 Å². The van der Waals surface area contributed by atoms with Crippen molar-refractivity contribution in [2.24, 2.45) is 5.73 Å². The lowest BCUT2D eigenvalue weighted by molar-refractivity contribution is 0.245. The van der Waals surface area contributed by atoms with Crippen molar-refractivity contribution < 1.29 is 9.53 Å². The Hall–Kier alpha value is -1.82. The van der Waals surface area contributed by atoms with Crippen LogP contribution in [0.3, 0.4) is 0 Å². The van der Waals surface area contributed by atoms with Gasteiger partial charge in [0, 0.05) is 11.8 Å². The molecule has 0 aliphatic rings. The molecule has 1 rings (SSSR count). The van der Waals surface area contributed by atoms with Crippen LogP contribution in [0, 0.1) is 0 Å². The van der Waals surface area contributed by atoms with Gasteiger partial charge >= 0.3 is 6.03 Å². The molecular formula is C13H19N3O2S. The van der Waals surface area contributed by atoms with Gasteiger partial charge in [-0.1, -0.05) is 25.2 Å². The van der Waals surface area contributed by atoms with Crippen molar-refractivity contribution >= 4 is 28.9 Å². The summed E-state index contributed by atoms with van der Waals surface area (Å²) in [5.41, 5.74) is 5.58. The number of urea groups is 1. The van der Waals surface area contributed by atoms with Crippen LogP contribution in [0.4, 0.5) is 10.5 Å². The van der Waals surface area contributed by atoms with Crippen molar-refractivity contribution in [2.45, 2.75) is 25.8 Å². The van der Waals surface area contributed by atoms with E-state index in [1.54, 1.807) is 38.3 Å². The van der Waals surface area contributed by atoms with E-state index in [9.17, 15) is 4.79 Å². The summed E-state index contributed by atoms with van der Waals surface area (Å²) in [5.74, 6) is 0.672. The largest absolute Gasteiger partial charge is 0.497 e. The molecule has 0 saturated heterocycles. The van der Waals surface area contributed by atoms with Crippen LogP contribution in [0.1, 0.15) is 20.3 Å². The summed E-state index contributed by atoms with van der Waals surface area (Å²) in [5, 5.41) is 5.49. The predicted molar refractivity (Wildman–Crippen MR) is 80.6 cm³/mol. The average molecular weight is 281 g/mol. The fourth-order valence-electron chi connectivity index (χ4n) is 1.44. The number of benzene rings is 1. The predicted octanol–water partition coefficient (Wildman–Crippen LogP) is 2.27. The minimum absolute atomic E-state index is 0.260. The molecule has 1 atom stereocenters. The summed E-state index contributed by atoms with van der Waals surface area (Å²) in [7, 11) is 1.57. The van der Waals surface area contributed by atoms with Gasteiger partial charge in [-0.2, -0.15) is 0 Å². The summed E-state index contributed by atoms with van der Waals surface area (Å²) in [4.78, 5) is 12.2. The van der Waals surface area contributed by atoms with E-state index in [4.69, 9.17) is 22.7 Å². The average Bonchev–Trinajstić information content (AvgIpc) is 2.38. The number of ether oxygens (including phenoxy) is 1. The lowest BCUT2D eigenvalue weighted by Gasteiger charge is -2.28. The molecule has 4 N–H and O–H groups in total. The SMILES string of the molecule is CCC(C)(NC(=O)Nc1cccc(OC)c1)C(N)=S. The number of thiocarbonyl (C=S) groups is 1. The van der Waals surface area contributed by atoms with E-state index >= 15 is 0 Å². The Morgan fingerprint density at radius 3 is 2.74 bits per heavy atom. The van der Waals surface area contributed by atoms with Gasteiger partial charge in [-0.15, -0.1) is 0 Å². The highest BCUT2D eigenvalue weighted by Gasteiger charge is 2.27. The molecule has 0 aliphatic heterocycles. The van der Waals surface area contributed by atoms with Crippen LogP contribution < -0.4 is 21.1 Å². The zero-order valence-electron chi connectivity index (χ0n) is 11.3. The highest BCUT2D eigenvalue weighted by Crippen LogP contribution is 2.17. The number of anilines is 1. The molecule has 1 aromatic rings. The Labute approximate surface area is 118 Å². The lowest BCUT2D eigenvalue weighted by Crippen LogP contribution is -2.55. The summed E-state index contributed by atoms with van der Waals surface area (Å²) >= 11 is 4.97. The molecular weight excluding hydrogens is 262 g/mol. The number of carbonyl (C=O) groups excluding carboxylic acids is 1. The summed E-state index contributed by atoms with van der Waals surface area (Å²) in [6.07, 6.45) is 0.619. The van der Waals surface area contributed by atoms with Gasteiger partial charge in [0.1, 0.15) is 5.75 Å². The lowest BCUT2D eigenvalue weighted by atomic mass is 9.99. The normalized spacial score (nSPS) is 13.2. The van der Waals surface area contributed by atoms with E-state index in [0.29, 0.717) is 17.9 Å². The number of methoxy groups -OCH3 is 1. The molecule has 0 fully saturated rings. The second kappa shape index (κ2) is 6.38. The first kappa shape index (κ1) is 15.2. The quantitative estimate of drug-likeness (QED) is 0.724. The Bertz CT molecular complexity index is 479. The number of amides is 2. The topological polar surface area (TPSA) is 76.4 Å². The van der Waals surface area contributed by atoms with Gasteiger partial charge in [0.05, 0.1) is 17.6 Å². The summed E-state index contributed by atoms with van der Waals surface area (Å²) in [6, 6.07) is 6.73. The third-order valence-corrected chi connectivity index (χ3v) is 3.42. The molecule has 1 aromatic carbocycles. The van der Waals surface area contributed by atoms with E-state index in [0.717, 1.165) is 0 Å². The van der Waals surface area contributed by atoms with E-state index in [2.05, 4.69) is 10.6 Å². The fourth-order valence-corrected chi connectivity index (χ4v) is 1.63. The van der Waals surface area contributed by atoms with Crippen LogP contribution in [0.2, 0.25) is 0 Å². The molecule has 19 heavy (non-hydrogen) atoms. The van der Waals surface area contributed by atoms with Crippen LogP contribution in [-0.4, -0.2) is 23.7 Å². The van der Waals surface area contributed by atoms with Gasteiger partial charge in [0.2, 0.25) is 0 Å². The Morgan fingerprint density at radius 1 is 1.53 bits per heavy atom. The van der Waals surface area contributed by atoms with E-state index < -0.39 is 5.54 Å². The standard InChI is InChI=1S/C13H19N3O2S/c1-4-13(2,11(14)19)16-12(17)15-9-6-5-7-10(8-9)18-3/h5-8H,4H2,1-3H3,(H2,14,19)(H2,15,16,17). The van der Waals surface area contributed by atoms with Crippen molar-refractivity contribution in [3.05, 3.63) is 24.3 Å². The number of hydrogen-bond donors (Lipinski definition) is 3. The van der Waals surface area contributed by atoms with Gasteiger partial charge in [0.25, 0.3) is 0 Å². The van der Waals surface area contributed by atoms with Crippen molar-refractivity contribution in [1.82, 2.24) is 5.32 Å². The zero-order valence-corrected chi connectivity index (χ0v) is 12.1. The molecule has 0 radical (unpaired) electrons. The van der Waals surface area contributed by atoms with Crippen molar-refractivity contribution in [3.63, 3.8) is 0 Å². The first-order chi connectivity index (χ1) is 8.91. The van der Waals surface area contributed by atoms with Gasteiger partial charge < -0.3 is 21.1 Å². The number of nitrogens with two attached hydrogens (primary N) is 1.